The molecule has 0 atom stereocenters. The molecule has 0 spiro atoms. The summed E-state index contributed by atoms with van der Waals surface area (Å²) >= 11 is 4.79. The number of methoxy groups -OCH3 is 1. The summed E-state index contributed by atoms with van der Waals surface area (Å²) in [6, 6.07) is 18.5. The molecule has 0 unspecified atom stereocenters. The van der Waals surface area contributed by atoms with Gasteiger partial charge in [-0.15, -0.1) is 0 Å². The van der Waals surface area contributed by atoms with E-state index in [2.05, 4.69) is 69.4 Å². The lowest BCUT2D eigenvalue weighted by Crippen LogP contribution is -1.87. The van der Waals surface area contributed by atoms with Gasteiger partial charge in [0.2, 0.25) is 0 Å². The Morgan fingerprint density at radius 3 is 2.26 bits per heavy atom. The quantitative estimate of drug-likeness (QED) is 0.290. The number of ether oxygens (including phenoxy) is 1. The third-order valence-corrected chi connectivity index (χ3v) is 5.33. The van der Waals surface area contributed by atoms with Crippen molar-refractivity contribution in [2.24, 2.45) is 0 Å². The zero-order valence-corrected chi connectivity index (χ0v) is 17.0. The zero-order chi connectivity index (χ0) is 16.2. The van der Waals surface area contributed by atoms with Crippen molar-refractivity contribution >= 4 is 45.2 Å². The van der Waals surface area contributed by atoms with Crippen LogP contribution in [0.4, 0.5) is 0 Å². The van der Waals surface area contributed by atoms with E-state index in [1.807, 2.05) is 30.3 Å². The van der Waals surface area contributed by atoms with Gasteiger partial charge in [-0.05, 0) is 40.3 Å². The average molecular weight is 530 g/mol. The number of hydrogen-bond acceptors (Lipinski definition) is 2. The fourth-order valence-corrected chi connectivity index (χ4v) is 3.94. The average Bonchev–Trinajstić information content (AvgIpc) is 2.93. The molecule has 0 aliphatic carbocycles. The van der Waals surface area contributed by atoms with Crippen LogP contribution in [0, 0.1) is 3.57 Å². The highest BCUT2D eigenvalue weighted by atomic mass is 127. The third kappa shape index (κ3) is 3.57. The van der Waals surface area contributed by atoms with Gasteiger partial charge in [-0.3, -0.25) is 0 Å². The summed E-state index contributed by atoms with van der Waals surface area (Å²) in [7, 11) is 1.69. The highest BCUT2D eigenvalue weighted by Crippen LogP contribution is 2.40. The van der Waals surface area contributed by atoms with Gasteiger partial charge < -0.3 is 9.15 Å². The maximum Gasteiger partial charge on any atom is 0.143 e. The predicted molar refractivity (Wildman–Crippen MR) is 111 cm³/mol. The summed E-state index contributed by atoms with van der Waals surface area (Å²) in [5.74, 6) is 2.87. The van der Waals surface area contributed by atoms with E-state index in [4.69, 9.17) is 9.15 Å². The van der Waals surface area contributed by atoms with Crippen LogP contribution in [0.5, 0.6) is 5.75 Å². The van der Waals surface area contributed by atoms with Crippen molar-refractivity contribution in [3.05, 3.63) is 63.9 Å². The van der Waals surface area contributed by atoms with E-state index in [0.29, 0.717) is 0 Å². The van der Waals surface area contributed by atoms with Crippen LogP contribution < -0.4 is 4.74 Å². The van der Waals surface area contributed by atoms with E-state index in [1.54, 1.807) is 7.11 Å². The van der Waals surface area contributed by atoms with Gasteiger partial charge in [-0.1, -0.05) is 65.1 Å². The number of halogens is 2. The van der Waals surface area contributed by atoms with Gasteiger partial charge in [0.25, 0.3) is 0 Å². The topological polar surface area (TPSA) is 22.4 Å². The molecule has 0 amide bonds. The van der Waals surface area contributed by atoms with Gasteiger partial charge in [0.15, 0.2) is 0 Å². The van der Waals surface area contributed by atoms with E-state index < -0.39 is 0 Å². The van der Waals surface area contributed by atoms with Crippen LogP contribution in [-0.4, -0.2) is 11.5 Å². The molecule has 1 aromatic heterocycles. The molecule has 0 aliphatic rings. The van der Waals surface area contributed by atoms with Crippen molar-refractivity contribution in [2.45, 2.75) is 6.42 Å². The molecule has 23 heavy (non-hydrogen) atoms. The summed E-state index contributed by atoms with van der Waals surface area (Å²) in [5.41, 5.74) is 3.42. The van der Waals surface area contributed by atoms with Crippen LogP contribution in [0.1, 0.15) is 5.76 Å². The predicted octanol–water partition coefficient (Wildman–Crippen LogP) is 6.20. The van der Waals surface area contributed by atoms with Crippen molar-refractivity contribution in [2.75, 3.05) is 11.5 Å². The van der Waals surface area contributed by atoms with E-state index in [9.17, 15) is 0 Å². The molecule has 0 aliphatic heterocycles. The molecule has 2 nitrogen and oxygen atoms in total. The molecule has 0 bridgehead atoms. The van der Waals surface area contributed by atoms with Crippen LogP contribution in [0.2, 0.25) is 0 Å². The lowest BCUT2D eigenvalue weighted by atomic mass is 10.0. The van der Waals surface area contributed by atoms with E-state index in [0.717, 1.165) is 39.2 Å². The highest BCUT2D eigenvalue weighted by molar-refractivity contribution is 14.1. The van der Waals surface area contributed by atoms with Crippen LogP contribution in [0.3, 0.4) is 0 Å². The van der Waals surface area contributed by atoms with Gasteiger partial charge >= 0.3 is 0 Å². The van der Waals surface area contributed by atoms with Crippen LogP contribution >= 0.6 is 45.2 Å². The molecule has 0 saturated carbocycles. The minimum atomic E-state index is 0.862. The number of hydrogen-bond donors (Lipinski definition) is 0. The molecule has 118 valence electrons. The van der Waals surface area contributed by atoms with Gasteiger partial charge in [0.1, 0.15) is 17.3 Å². The molecule has 1 heterocycles. The number of benzene rings is 2. The zero-order valence-electron chi connectivity index (χ0n) is 12.7. The lowest BCUT2D eigenvalue weighted by Gasteiger charge is -2.05. The monoisotopic (exact) mass is 530 g/mol. The third-order valence-electron chi connectivity index (χ3n) is 3.65. The SMILES string of the molecule is COc1ccc(-c2c(-c3ccccc3)oc(CCI)c2I)cc1. The maximum atomic E-state index is 6.24. The maximum absolute atomic E-state index is 6.24. The van der Waals surface area contributed by atoms with E-state index >= 15 is 0 Å². The Labute approximate surface area is 163 Å². The Bertz CT molecular complexity index is 777. The second-order valence-electron chi connectivity index (χ2n) is 5.08. The van der Waals surface area contributed by atoms with E-state index in [1.165, 1.54) is 9.13 Å². The van der Waals surface area contributed by atoms with Gasteiger partial charge in [0.05, 0.1) is 10.7 Å². The molecule has 3 rings (SSSR count). The molecule has 0 saturated heterocycles. The number of aryl methyl sites for hydroxylation is 1. The highest BCUT2D eigenvalue weighted by Gasteiger charge is 2.20. The largest absolute Gasteiger partial charge is 0.497 e. The number of furan rings is 1. The van der Waals surface area contributed by atoms with Crippen LogP contribution in [0.15, 0.2) is 59.0 Å². The Morgan fingerprint density at radius 2 is 1.65 bits per heavy atom. The van der Waals surface area contributed by atoms with Crippen molar-refractivity contribution in [3.8, 4) is 28.2 Å². The Kier molecular flexibility index (Phi) is 5.63. The van der Waals surface area contributed by atoms with Gasteiger partial charge in [-0.25, -0.2) is 0 Å². The summed E-state index contributed by atoms with van der Waals surface area (Å²) < 4.78 is 13.7. The van der Waals surface area contributed by atoms with Crippen molar-refractivity contribution in [3.63, 3.8) is 0 Å². The van der Waals surface area contributed by atoms with Crippen molar-refractivity contribution in [1.29, 1.82) is 0 Å². The first kappa shape index (κ1) is 16.8. The van der Waals surface area contributed by atoms with Crippen LogP contribution in [-0.2, 0) is 6.42 Å². The second-order valence-corrected chi connectivity index (χ2v) is 7.23. The van der Waals surface area contributed by atoms with Crippen LogP contribution in [0.25, 0.3) is 22.5 Å². The molecule has 0 fully saturated rings. The molecule has 3 aromatic rings. The molecule has 2 aromatic carbocycles. The molecular weight excluding hydrogens is 514 g/mol. The summed E-state index contributed by atoms with van der Waals surface area (Å²) in [6.45, 7) is 0. The fourth-order valence-electron chi connectivity index (χ4n) is 2.51. The molecule has 0 N–H and O–H groups in total. The normalized spacial score (nSPS) is 10.7. The minimum Gasteiger partial charge on any atom is -0.497 e. The Hall–Kier alpha value is -1.02. The Balaban J connectivity index is 2.16. The number of rotatable bonds is 5. The molecular formula is C19H16I2O2. The van der Waals surface area contributed by atoms with Crippen molar-refractivity contribution < 1.29 is 9.15 Å². The standard InChI is InChI=1S/C19H16I2O2/c1-22-15-9-7-13(8-10-15)17-18(21)16(11-12-20)23-19(17)14-5-3-2-4-6-14/h2-10H,11-12H2,1H3. The van der Waals surface area contributed by atoms with Gasteiger partial charge in [0, 0.05) is 22.0 Å². The smallest absolute Gasteiger partial charge is 0.143 e. The first-order chi connectivity index (χ1) is 11.2. The summed E-state index contributed by atoms with van der Waals surface area (Å²) in [5, 5.41) is 0. The van der Waals surface area contributed by atoms with Crippen molar-refractivity contribution in [1.82, 2.24) is 0 Å². The summed E-state index contributed by atoms with van der Waals surface area (Å²) in [4.78, 5) is 0. The molecule has 0 radical (unpaired) electrons. The summed E-state index contributed by atoms with van der Waals surface area (Å²) in [6.07, 6.45) is 0.939. The van der Waals surface area contributed by atoms with E-state index in [-0.39, 0.29) is 0 Å². The van der Waals surface area contributed by atoms with Gasteiger partial charge in [-0.2, -0.15) is 0 Å². The number of alkyl halides is 1. The molecule has 4 heteroatoms. The first-order valence-electron chi connectivity index (χ1n) is 7.31. The first-order valence-corrected chi connectivity index (χ1v) is 9.92. The minimum absolute atomic E-state index is 0.862. The second kappa shape index (κ2) is 7.70. The Morgan fingerprint density at radius 1 is 0.957 bits per heavy atom. The lowest BCUT2D eigenvalue weighted by molar-refractivity contribution is 0.415. The fraction of sp³-hybridized carbons (Fsp3) is 0.158.